The summed E-state index contributed by atoms with van der Waals surface area (Å²) in [7, 11) is 0. The Balaban J connectivity index is 1.67. The van der Waals surface area contributed by atoms with Crippen LogP contribution in [0.2, 0.25) is 0 Å². The first-order valence-electron chi connectivity index (χ1n) is 8.03. The second kappa shape index (κ2) is 7.25. The standard InChI is InChI=1S/C19H19NO5/c1-12-2-4-13(5-3-12)6-8-17(19(22)23)25-14-7-9-16-15(10-14)20-18(21)11-24-16/h2-5,7,9-10,17H,6,8,11H2,1H3,(H,20,21)(H,22,23). The SMILES string of the molecule is Cc1ccc(CCC(Oc2ccc3c(c2)NC(=O)CO3)C(=O)O)cc1. The van der Waals surface area contributed by atoms with Crippen LogP contribution in [-0.4, -0.2) is 29.7 Å². The van der Waals surface area contributed by atoms with E-state index in [0.29, 0.717) is 30.0 Å². The van der Waals surface area contributed by atoms with Crippen LogP contribution in [0.1, 0.15) is 17.5 Å². The predicted octanol–water partition coefficient (Wildman–Crippen LogP) is 2.79. The van der Waals surface area contributed by atoms with Crippen LogP contribution in [0.15, 0.2) is 42.5 Å². The molecule has 0 fully saturated rings. The van der Waals surface area contributed by atoms with Crippen LogP contribution in [-0.2, 0) is 16.0 Å². The van der Waals surface area contributed by atoms with Crippen molar-refractivity contribution in [2.45, 2.75) is 25.9 Å². The van der Waals surface area contributed by atoms with Gasteiger partial charge in [0.05, 0.1) is 5.69 Å². The minimum atomic E-state index is -1.02. The average Bonchev–Trinajstić information content (AvgIpc) is 2.59. The van der Waals surface area contributed by atoms with Crippen LogP contribution < -0.4 is 14.8 Å². The highest BCUT2D eigenvalue weighted by Gasteiger charge is 2.21. The molecule has 0 saturated heterocycles. The van der Waals surface area contributed by atoms with Crippen molar-refractivity contribution in [3.8, 4) is 11.5 Å². The summed E-state index contributed by atoms with van der Waals surface area (Å²) in [5, 5.41) is 12.1. The molecule has 0 aromatic heterocycles. The number of benzene rings is 2. The van der Waals surface area contributed by atoms with E-state index in [4.69, 9.17) is 9.47 Å². The van der Waals surface area contributed by atoms with Crippen LogP contribution in [0.4, 0.5) is 5.69 Å². The topological polar surface area (TPSA) is 84.9 Å². The van der Waals surface area contributed by atoms with E-state index < -0.39 is 12.1 Å². The number of aryl methyl sites for hydroxylation is 2. The molecule has 6 nitrogen and oxygen atoms in total. The third kappa shape index (κ3) is 4.29. The Hall–Kier alpha value is -3.02. The number of hydrogen-bond acceptors (Lipinski definition) is 4. The van der Waals surface area contributed by atoms with Crippen molar-refractivity contribution in [1.82, 2.24) is 0 Å². The molecule has 1 amide bonds. The Bertz CT molecular complexity index is 785. The van der Waals surface area contributed by atoms with Gasteiger partial charge in [-0.1, -0.05) is 29.8 Å². The van der Waals surface area contributed by atoms with Gasteiger partial charge in [-0.3, -0.25) is 4.79 Å². The van der Waals surface area contributed by atoms with Gasteiger partial charge >= 0.3 is 5.97 Å². The molecule has 2 N–H and O–H groups in total. The highest BCUT2D eigenvalue weighted by Crippen LogP contribution is 2.32. The number of nitrogens with one attached hydrogen (secondary N) is 1. The Kier molecular flexibility index (Phi) is 4.88. The third-order valence-corrected chi connectivity index (χ3v) is 3.95. The number of aliphatic carboxylic acids is 1. The molecule has 0 saturated carbocycles. The van der Waals surface area contributed by atoms with Crippen molar-refractivity contribution in [2.75, 3.05) is 11.9 Å². The summed E-state index contributed by atoms with van der Waals surface area (Å²) in [5.74, 6) is -0.358. The molecule has 3 rings (SSSR count). The Morgan fingerprint density at radius 3 is 2.76 bits per heavy atom. The van der Waals surface area contributed by atoms with E-state index in [1.165, 1.54) is 0 Å². The lowest BCUT2D eigenvalue weighted by Crippen LogP contribution is -2.28. The lowest BCUT2D eigenvalue weighted by atomic mass is 10.1. The maximum Gasteiger partial charge on any atom is 0.344 e. The van der Waals surface area contributed by atoms with Crippen molar-refractivity contribution < 1.29 is 24.2 Å². The summed E-state index contributed by atoms with van der Waals surface area (Å²) in [6.07, 6.45) is -0.0278. The maximum atomic E-state index is 11.5. The van der Waals surface area contributed by atoms with Crippen molar-refractivity contribution in [2.24, 2.45) is 0 Å². The number of carboxylic acids is 1. The zero-order valence-corrected chi connectivity index (χ0v) is 13.8. The van der Waals surface area contributed by atoms with E-state index in [9.17, 15) is 14.7 Å². The summed E-state index contributed by atoms with van der Waals surface area (Å²) in [6, 6.07) is 12.8. The van der Waals surface area contributed by atoms with Crippen molar-refractivity contribution in [1.29, 1.82) is 0 Å². The number of rotatable bonds is 6. The van der Waals surface area contributed by atoms with Crippen molar-refractivity contribution in [3.05, 3.63) is 53.6 Å². The van der Waals surface area contributed by atoms with E-state index in [2.05, 4.69) is 5.32 Å². The summed E-state index contributed by atoms with van der Waals surface area (Å²) < 4.78 is 10.9. The lowest BCUT2D eigenvalue weighted by Gasteiger charge is -2.20. The molecular formula is C19H19NO5. The minimum Gasteiger partial charge on any atom is -0.482 e. The molecule has 130 valence electrons. The highest BCUT2D eigenvalue weighted by molar-refractivity contribution is 5.95. The van der Waals surface area contributed by atoms with Gasteiger partial charge in [0.2, 0.25) is 0 Å². The van der Waals surface area contributed by atoms with E-state index >= 15 is 0 Å². The Morgan fingerprint density at radius 2 is 2.04 bits per heavy atom. The molecule has 0 aliphatic carbocycles. The van der Waals surface area contributed by atoms with Crippen molar-refractivity contribution >= 4 is 17.6 Å². The average molecular weight is 341 g/mol. The van der Waals surface area contributed by atoms with Gasteiger partial charge in [-0.05, 0) is 37.5 Å². The number of carbonyl (C=O) groups excluding carboxylic acids is 1. The second-order valence-electron chi connectivity index (χ2n) is 5.96. The quantitative estimate of drug-likeness (QED) is 0.844. The summed E-state index contributed by atoms with van der Waals surface area (Å²) >= 11 is 0. The molecule has 6 heteroatoms. The number of hydrogen-bond donors (Lipinski definition) is 2. The molecule has 2 aromatic carbocycles. The van der Waals surface area contributed by atoms with Crippen LogP contribution >= 0.6 is 0 Å². The van der Waals surface area contributed by atoms with Crippen LogP contribution in [0.5, 0.6) is 11.5 Å². The molecule has 2 aromatic rings. The first kappa shape index (κ1) is 16.8. The first-order chi connectivity index (χ1) is 12.0. The monoisotopic (exact) mass is 341 g/mol. The molecule has 1 atom stereocenters. The van der Waals surface area contributed by atoms with E-state index in [-0.39, 0.29) is 12.5 Å². The molecule has 1 aliphatic heterocycles. The molecule has 0 bridgehead atoms. The van der Waals surface area contributed by atoms with Crippen molar-refractivity contribution in [3.63, 3.8) is 0 Å². The molecule has 1 unspecified atom stereocenters. The van der Waals surface area contributed by atoms with Gasteiger partial charge in [0.25, 0.3) is 5.91 Å². The van der Waals surface area contributed by atoms with E-state index in [1.807, 2.05) is 31.2 Å². The number of amides is 1. The fourth-order valence-electron chi connectivity index (χ4n) is 2.59. The molecule has 25 heavy (non-hydrogen) atoms. The fraction of sp³-hybridized carbons (Fsp3) is 0.263. The first-order valence-corrected chi connectivity index (χ1v) is 8.03. The van der Waals surface area contributed by atoms with Gasteiger partial charge in [0.1, 0.15) is 11.5 Å². The van der Waals surface area contributed by atoms with Crippen LogP contribution in [0.25, 0.3) is 0 Å². The number of ether oxygens (including phenoxy) is 2. The number of fused-ring (bicyclic) bond motifs is 1. The van der Waals surface area contributed by atoms with Crippen LogP contribution in [0.3, 0.4) is 0 Å². The molecule has 1 aliphatic rings. The summed E-state index contributed by atoms with van der Waals surface area (Å²) in [4.78, 5) is 22.9. The van der Waals surface area contributed by atoms with Gasteiger partial charge in [-0.15, -0.1) is 0 Å². The van der Waals surface area contributed by atoms with Gasteiger partial charge in [-0.2, -0.15) is 0 Å². The van der Waals surface area contributed by atoms with Gasteiger partial charge in [0, 0.05) is 6.07 Å². The molecule has 0 radical (unpaired) electrons. The number of carboxylic acid groups (broad SMARTS) is 1. The zero-order chi connectivity index (χ0) is 17.8. The van der Waals surface area contributed by atoms with E-state index in [0.717, 1.165) is 11.1 Å². The second-order valence-corrected chi connectivity index (χ2v) is 5.96. The fourth-order valence-corrected chi connectivity index (χ4v) is 2.59. The lowest BCUT2D eigenvalue weighted by molar-refractivity contribution is -0.145. The highest BCUT2D eigenvalue weighted by atomic mass is 16.5. The van der Waals surface area contributed by atoms with Gasteiger partial charge in [-0.25, -0.2) is 4.79 Å². The Labute approximate surface area is 145 Å². The Morgan fingerprint density at radius 1 is 1.28 bits per heavy atom. The van der Waals surface area contributed by atoms with Gasteiger partial charge in [0.15, 0.2) is 12.7 Å². The smallest absolute Gasteiger partial charge is 0.344 e. The summed E-state index contributed by atoms with van der Waals surface area (Å²) in [5.41, 5.74) is 2.70. The maximum absolute atomic E-state index is 11.5. The molecular weight excluding hydrogens is 322 g/mol. The third-order valence-electron chi connectivity index (χ3n) is 3.95. The number of carbonyl (C=O) groups is 2. The molecule has 0 spiro atoms. The summed E-state index contributed by atoms with van der Waals surface area (Å²) in [6.45, 7) is 1.98. The molecule has 1 heterocycles. The normalized spacial score (nSPS) is 14.0. The van der Waals surface area contributed by atoms with Gasteiger partial charge < -0.3 is 19.9 Å². The van der Waals surface area contributed by atoms with E-state index in [1.54, 1.807) is 18.2 Å². The van der Waals surface area contributed by atoms with Crippen LogP contribution in [0, 0.1) is 6.92 Å². The largest absolute Gasteiger partial charge is 0.482 e. The number of anilines is 1. The minimum absolute atomic E-state index is 0.0263. The zero-order valence-electron chi connectivity index (χ0n) is 13.8. The predicted molar refractivity (Wildman–Crippen MR) is 92.1 cm³/mol.